The van der Waals surface area contributed by atoms with E-state index in [2.05, 4.69) is 62.4 Å². The first kappa shape index (κ1) is 23.2. The van der Waals surface area contributed by atoms with Gasteiger partial charge in [-0.3, -0.25) is 9.67 Å². The van der Waals surface area contributed by atoms with Crippen LogP contribution in [-0.4, -0.2) is 59.9 Å². The van der Waals surface area contributed by atoms with Gasteiger partial charge in [0.05, 0.1) is 12.2 Å². The number of hydrogen-bond acceptors (Lipinski definition) is 3. The number of aliphatic imine (C=N–C) groups is 1. The summed E-state index contributed by atoms with van der Waals surface area (Å²) in [6.45, 7) is 10.3. The van der Waals surface area contributed by atoms with Crippen molar-refractivity contribution in [2.75, 3.05) is 27.2 Å². The van der Waals surface area contributed by atoms with E-state index >= 15 is 0 Å². The zero-order valence-corrected chi connectivity index (χ0v) is 19.8. The number of rotatable bonds is 8. The second kappa shape index (κ2) is 10.5. The van der Waals surface area contributed by atoms with E-state index < -0.39 is 0 Å². The maximum absolute atomic E-state index is 4.86. The fourth-order valence-corrected chi connectivity index (χ4v) is 3.42. The minimum atomic E-state index is 0. The summed E-state index contributed by atoms with van der Waals surface area (Å²) in [5.74, 6) is 1.74. The van der Waals surface area contributed by atoms with Gasteiger partial charge in [0.1, 0.15) is 0 Å². The zero-order chi connectivity index (χ0) is 18.6. The third-order valence-corrected chi connectivity index (χ3v) is 5.16. The molecular weight excluding hydrogens is 439 g/mol. The van der Waals surface area contributed by atoms with Crippen molar-refractivity contribution in [2.24, 2.45) is 18.0 Å². The van der Waals surface area contributed by atoms with Crippen LogP contribution in [0.15, 0.2) is 4.99 Å². The van der Waals surface area contributed by atoms with Crippen LogP contribution in [0.4, 0.5) is 0 Å². The summed E-state index contributed by atoms with van der Waals surface area (Å²) in [7, 11) is 6.33. The molecule has 1 aliphatic carbocycles. The molecule has 150 valence electrons. The Morgan fingerprint density at radius 2 is 2.00 bits per heavy atom. The van der Waals surface area contributed by atoms with E-state index in [1.807, 2.05) is 11.7 Å². The lowest BCUT2D eigenvalue weighted by atomic mass is 10.1. The third-order valence-electron chi connectivity index (χ3n) is 5.16. The van der Waals surface area contributed by atoms with Crippen LogP contribution in [0.5, 0.6) is 0 Å². The standard InChI is InChI=1S/C19H36N6.HI/c1-8-20-19(21-12-18(24(5)6)16-9-10-16)22-13(2)11-17-14(3)23-25(7)15(17)4;/h13,16,18H,8-12H2,1-7H3,(H2,20,21,22);1H. The lowest BCUT2D eigenvalue weighted by Gasteiger charge is -2.24. The van der Waals surface area contributed by atoms with Gasteiger partial charge in [-0.2, -0.15) is 5.10 Å². The molecule has 0 amide bonds. The molecule has 0 bridgehead atoms. The van der Waals surface area contributed by atoms with Gasteiger partial charge in [0.15, 0.2) is 5.96 Å². The Morgan fingerprint density at radius 1 is 1.35 bits per heavy atom. The van der Waals surface area contributed by atoms with Gasteiger partial charge in [-0.05, 0) is 72.5 Å². The van der Waals surface area contributed by atoms with Crippen molar-refractivity contribution >= 4 is 29.9 Å². The normalized spacial score (nSPS) is 17.0. The second-order valence-electron chi connectivity index (χ2n) is 7.61. The van der Waals surface area contributed by atoms with Crippen LogP contribution in [0.2, 0.25) is 0 Å². The van der Waals surface area contributed by atoms with Crippen LogP contribution in [0, 0.1) is 19.8 Å². The monoisotopic (exact) mass is 476 g/mol. The van der Waals surface area contributed by atoms with Crippen molar-refractivity contribution < 1.29 is 0 Å². The fraction of sp³-hybridized carbons (Fsp3) is 0.789. The van der Waals surface area contributed by atoms with E-state index in [1.165, 1.54) is 24.1 Å². The molecule has 2 rings (SSSR count). The molecule has 26 heavy (non-hydrogen) atoms. The maximum Gasteiger partial charge on any atom is 0.191 e. The van der Waals surface area contributed by atoms with Gasteiger partial charge in [-0.25, -0.2) is 0 Å². The molecule has 1 aliphatic rings. The van der Waals surface area contributed by atoms with Crippen LogP contribution in [0.1, 0.15) is 43.6 Å². The molecule has 0 radical (unpaired) electrons. The highest BCUT2D eigenvalue weighted by Crippen LogP contribution is 2.34. The lowest BCUT2D eigenvalue weighted by Crippen LogP contribution is -2.44. The minimum Gasteiger partial charge on any atom is -0.357 e. The van der Waals surface area contributed by atoms with E-state index in [-0.39, 0.29) is 24.0 Å². The van der Waals surface area contributed by atoms with E-state index in [1.54, 1.807) is 0 Å². The molecule has 7 heteroatoms. The SMILES string of the molecule is CCNC(=NCC(C1CC1)N(C)C)NC(C)Cc1c(C)nn(C)c1C.I. The van der Waals surface area contributed by atoms with Gasteiger partial charge in [0, 0.05) is 31.4 Å². The molecule has 0 aromatic carbocycles. The summed E-state index contributed by atoms with van der Waals surface area (Å²) in [6.07, 6.45) is 3.65. The molecule has 2 unspecified atom stereocenters. The number of nitrogens with zero attached hydrogens (tertiary/aromatic N) is 4. The number of guanidine groups is 1. The Bertz CT molecular complexity index is 589. The predicted molar refractivity (Wildman–Crippen MR) is 121 cm³/mol. The fourth-order valence-electron chi connectivity index (χ4n) is 3.42. The van der Waals surface area contributed by atoms with E-state index in [0.717, 1.165) is 37.1 Å². The average molecular weight is 476 g/mol. The van der Waals surface area contributed by atoms with Crippen molar-refractivity contribution in [3.8, 4) is 0 Å². The van der Waals surface area contributed by atoms with E-state index in [0.29, 0.717) is 12.1 Å². The van der Waals surface area contributed by atoms with Crippen LogP contribution in [0.25, 0.3) is 0 Å². The first-order valence-corrected chi connectivity index (χ1v) is 9.53. The van der Waals surface area contributed by atoms with Gasteiger partial charge in [0.2, 0.25) is 0 Å². The molecule has 2 N–H and O–H groups in total. The summed E-state index contributed by atoms with van der Waals surface area (Å²) >= 11 is 0. The van der Waals surface area contributed by atoms with Gasteiger partial charge in [0.25, 0.3) is 0 Å². The molecule has 1 saturated carbocycles. The first-order chi connectivity index (χ1) is 11.8. The summed E-state index contributed by atoms with van der Waals surface area (Å²) < 4.78 is 1.97. The highest BCUT2D eigenvalue weighted by atomic mass is 127. The molecule has 1 aromatic rings. The summed E-state index contributed by atoms with van der Waals surface area (Å²) in [4.78, 5) is 7.18. The number of hydrogen-bond donors (Lipinski definition) is 2. The molecule has 6 nitrogen and oxygen atoms in total. The summed E-state index contributed by atoms with van der Waals surface area (Å²) in [5, 5.41) is 11.5. The van der Waals surface area contributed by atoms with Gasteiger partial charge < -0.3 is 15.5 Å². The van der Waals surface area contributed by atoms with Crippen molar-refractivity contribution in [3.63, 3.8) is 0 Å². The minimum absolute atomic E-state index is 0. The lowest BCUT2D eigenvalue weighted by molar-refractivity contribution is 0.271. The molecule has 1 heterocycles. The van der Waals surface area contributed by atoms with Crippen LogP contribution in [0.3, 0.4) is 0 Å². The van der Waals surface area contributed by atoms with Crippen molar-refractivity contribution in [3.05, 3.63) is 17.0 Å². The molecule has 1 aromatic heterocycles. The maximum atomic E-state index is 4.86. The molecule has 0 spiro atoms. The Hall–Kier alpha value is -0.830. The van der Waals surface area contributed by atoms with Crippen molar-refractivity contribution in [1.29, 1.82) is 0 Å². The number of aryl methyl sites for hydroxylation is 2. The Kier molecular flexibility index (Phi) is 9.36. The smallest absolute Gasteiger partial charge is 0.191 e. The molecule has 0 saturated heterocycles. The predicted octanol–water partition coefficient (Wildman–Crippen LogP) is 2.48. The Morgan fingerprint density at radius 3 is 2.46 bits per heavy atom. The van der Waals surface area contributed by atoms with Gasteiger partial charge in [-0.1, -0.05) is 0 Å². The van der Waals surface area contributed by atoms with Crippen LogP contribution >= 0.6 is 24.0 Å². The topological polar surface area (TPSA) is 57.5 Å². The number of likely N-dealkylation sites (N-methyl/N-ethyl adjacent to an activating group) is 1. The van der Waals surface area contributed by atoms with Crippen LogP contribution < -0.4 is 10.6 Å². The van der Waals surface area contributed by atoms with Crippen molar-refractivity contribution in [1.82, 2.24) is 25.3 Å². The summed E-state index contributed by atoms with van der Waals surface area (Å²) in [5.41, 5.74) is 3.70. The quantitative estimate of drug-likeness (QED) is 0.344. The summed E-state index contributed by atoms with van der Waals surface area (Å²) in [6, 6.07) is 0.853. The number of halogens is 1. The molecular formula is C19H37IN6. The average Bonchev–Trinajstić information content (AvgIpc) is 3.32. The second-order valence-corrected chi connectivity index (χ2v) is 7.61. The Balaban J connectivity index is 0.00000338. The highest BCUT2D eigenvalue weighted by molar-refractivity contribution is 14.0. The number of aromatic nitrogens is 2. The van der Waals surface area contributed by atoms with E-state index in [4.69, 9.17) is 4.99 Å². The van der Waals surface area contributed by atoms with Crippen molar-refractivity contribution in [2.45, 2.75) is 59.0 Å². The molecule has 0 aliphatic heterocycles. The third kappa shape index (κ3) is 6.40. The zero-order valence-electron chi connectivity index (χ0n) is 17.5. The molecule has 1 fully saturated rings. The highest BCUT2D eigenvalue weighted by Gasteiger charge is 2.32. The van der Waals surface area contributed by atoms with Crippen LogP contribution in [-0.2, 0) is 13.5 Å². The van der Waals surface area contributed by atoms with Gasteiger partial charge in [-0.15, -0.1) is 24.0 Å². The number of nitrogens with one attached hydrogen (secondary N) is 2. The largest absolute Gasteiger partial charge is 0.357 e. The molecule has 2 atom stereocenters. The Labute approximate surface area is 176 Å². The van der Waals surface area contributed by atoms with Gasteiger partial charge >= 0.3 is 0 Å². The first-order valence-electron chi connectivity index (χ1n) is 9.53. The van der Waals surface area contributed by atoms with E-state index in [9.17, 15) is 0 Å².